The van der Waals surface area contributed by atoms with Crippen molar-refractivity contribution in [3.63, 3.8) is 0 Å². The molecule has 0 N–H and O–H groups in total. The molecule has 2 aromatic rings. The second kappa shape index (κ2) is 11.1. The number of ether oxygens (including phenoxy) is 3. The zero-order valence-electron chi connectivity index (χ0n) is 18.4. The third kappa shape index (κ3) is 6.33. The van der Waals surface area contributed by atoms with Crippen molar-refractivity contribution >= 4 is 11.9 Å². The van der Waals surface area contributed by atoms with Crippen molar-refractivity contribution in [3.05, 3.63) is 65.7 Å². The van der Waals surface area contributed by atoms with Crippen LogP contribution in [0.2, 0.25) is 0 Å². The molecule has 1 atom stereocenters. The minimum absolute atomic E-state index is 0.131. The van der Waals surface area contributed by atoms with E-state index in [4.69, 9.17) is 14.2 Å². The predicted molar refractivity (Wildman–Crippen MR) is 121 cm³/mol. The lowest BCUT2D eigenvalue weighted by Gasteiger charge is -2.32. The van der Waals surface area contributed by atoms with Crippen molar-refractivity contribution in [1.82, 2.24) is 4.90 Å². The maximum atomic E-state index is 12.5. The van der Waals surface area contributed by atoms with Crippen LogP contribution in [0, 0.1) is 5.92 Å². The van der Waals surface area contributed by atoms with Gasteiger partial charge in [0.1, 0.15) is 12.4 Å². The quantitative estimate of drug-likeness (QED) is 0.587. The van der Waals surface area contributed by atoms with Gasteiger partial charge < -0.3 is 19.1 Å². The molecule has 1 amide bonds. The lowest BCUT2D eigenvalue weighted by atomic mass is 9.90. The fraction of sp³-hybridized carbons (Fsp3) is 0.462. The van der Waals surface area contributed by atoms with E-state index in [2.05, 4.69) is 24.3 Å². The first-order valence-corrected chi connectivity index (χ1v) is 11.5. The summed E-state index contributed by atoms with van der Waals surface area (Å²) in [6, 6.07) is 17.3. The lowest BCUT2D eigenvalue weighted by Crippen LogP contribution is -2.41. The Morgan fingerprint density at radius 2 is 1.72 bits per heavy atom. The van der Waals surface area contributed by atoms with E-state index in [1.165, 1.54) is 5.56 Å². The largest absolute Gasteiger partial charge is 0.491 e. The molecule has 0 bridgehead atoms. The zero-order chi connectivity index (χ0) is 22.2. The number of hydrogen-bond donors (Lipinski definition) is 0. The van der Waals surface area contributed by atoms with E-state index >= 15 is 0 Å². The third-order valence-electron chi connectivity index (χ3n) is 6.21. The van der Waals surface area contributed by atoms with Crippen LogP contribution in [-0.4, -0.2) is 55.8 Å². The molecule has 2 aliphatic rings. The van der Waals surface area contributed by atoms with Crippen LogP contribution in [0.3, 0.4) is 0 Å². The summed E-state index contributed by atoms with van der Waals surface area (Å²) in [4.78, 5) is 26.6. The van der Waals surface area contributed by atoms with Crippen LogP contribution >= 0.6 is 0 Å². The first kappa shape index (κ1) is 22.3. The number of likely N-dealkylation sites (tertiary alicyclic amines) is 1. The average molecular weight is 438 g/mol. The van der Waals surface area contributed by atoms with Crippen LogP contribution in [0.4, 0.5) is 0 Å². The Morgan fingerprint density at radius 3 is 2.41 bits per heavy atom. The first-order chi connectivity index (χ1) is 15.7. The summed E-state index contributed by atoms with van der Waals surface area (Å²) < 4.78 is 16.5. The molecule has 0 saturated carbocycles. The van der Waals surface area contributed by atoms with Gasteiger partial charge in [-0.1, -0.05) is 30.3 Å². The molecule has 0 aliphatic carbocycles. The molecule has 2 heterocycles. The molecule has 6 nitrogen and oxygen atoms in total. The Labute approximate surface area is 189 Å². The van der Waals surface area contributed by atoms with E-state index in [0.29, 0.717) is 36.9 Å². The smallest absolute Gasteiger partial charge is 0.338 e. The van der Waals surface area contributed by atoms with Gasteiger partial charge in [0, 0.05) is 19.7 Å². The summed E-state index contributed by atoms with van der Waals surface area (Å²) in [5.41, 5.74) is 1.75. The van der Waals surface area contributed by atoms with Crippen LogP contribution in [0.1, 0.15) is 41.6 Å². The summed E-state index contributed by atoms with van der Waals surface area (Å²) in [6.45, 7) is 2.51. The number of benzene rings is 2. The molecule has 2 aliphatic heterocycles. The van der Waals surface area contributed by atoms with Crippen LogP contribution in [0.5, 0.6) is 5.75 Å². The molecule has 0 unspecified atom stereocenters. The van der Waals surface area contributed by atoms with Gasteiger partial charge in [-0.3, -0.25) is 4.79 Å². The lowest BCUT2D eigenvalue weighted by molar-refractivity contribution is -0.135. The molecule has 0 spiro atoms. The molecule has 170 valence electrons. The second-order valence-corrected chi connectivity index (χ2v) is 8.56. The Bertz CT molecular complexity index is 869. The van der Waals surface area contributed by atoms with Crippen molar-refractivity contribution in [3.8, 4) is 5.75 Å². The highest BCUT2D eigenvalue weighted by Gasteiger charge is 2.24. The van der Waals surface area contributed by atoms with Crippen LogP contribution in [0.25, 0.3) is 0 Å². The summed E-state index contributed by atoms with van der Waals surface area (Å²) in [5, 5.41) is 0. The summed E-state index contributed by atoms with van der Waals surface area (Å²) in [6.07, 6.45) is 5.23. The van der Waals surface area contributed by atoms with Gasteiger partial charge in [0.25, 0.3) is 5.91 Å². The van der Waals surface area contributed by atoms with Crippen molar-refractivity contribution in [1.29, 1.82) is 0 Å². The Balaban J connectivity index is 1.16. The van der Waals surface area contributed by atoms with Gasteiger partial charge >= 0.3 is 5.97 Å². The predicted octanol–water partition coefficient (Wildman–Crippen LogP) is 3.88. The first-order valence-electron chi connectivity index (χ1n) is 11.5. The van der Waals surface area contributed by atoms with Crippen molar-refractivity contribution in [2.75, 3.05) is 32.9 Å². The van der Waals surface area contributed by atoms with E-state index in [-0.39, 0.29) is 18.6 Å². The molecule has 2 saturated heterocycles. The van der Waals surface area contributed by atoms with E-state index in [0.717, 1.165) is 38.7 Å². The number of amides is 1. The van der Waals surface area contributed by atoms with Crippen molar-refractivity contribution in [2.24, 2.45) is 5.92 Å². The molecule has 6 heteroatoms. The Kier molecular flexibility index (Phi) is 7.77. The zero-order valence-corrected chi connectivity index (χ0v) is 18.4. The van der Waals surface area contributed by atoms with Gasteiger partial charge in [-0.05, 0) is 67.9 Å². The minimum Gasteiger partial charge on any atom is -0.491 e. The number of carbonyl (C=O) groups is 2. The SMILES string of the molecule is O=C(OCC(=O)N1CCC(Cc2ccccc2)CC1)c1ccc(OC[C@@H]2CCCO2)cc1. The van der Waals surface area contributed by atoms with E-state index in [1.807, 2.05) is 6.07 Å². The standard InChI is InChI=1S/C26H31NO5/c28-25(27-14-12-21(13-15-27)17-20-5-2-1-3-6-20)19-32-26(29)22-8-10-23(11-9-22)31-18-24-7-4-16-30-24/h1-3,5-6,8-11,21,24H,4,7,12-19H2/t24-/m0/s1. The number of carbonyl (C=O) groups excluding carboxylic acids is 2. The van der Waals surface area contributed by atoms with Crippen molar-refractivity contribution in [2.45, 2.75) is 38.2 Å². The Hall–Kier alpha value is -2.86. The molecule has 4 rings (SSSR count). The van der Waals surface area contributed by atoms with E-state index in [9.17, 15) is 9.59 Å². The summed E-state index contributed by atoms with van der Waals surface area (Å²) in [5.74, 6) is 0.646. The van der Waals surface area contributed by atoms with Crippen LogP contribution < -0.4 is 4.74 Å². The third-order valence-corrected chi connectivity index (χ3v) is 6.21. The van der Waals surface area contributed by atoms with Gasteiger partial charge in [-0.25, -0.2) is 4.79 Å². The number of rotatable bonds is 8. The highest BCUT2D eigenvalue weighted by atomic mass is 16.5. The fourth-order valence-corrected chi connectivity index (χ4v) is 4.29. The molecular weight excluding hydrogens is 406 g/mol. The average Bonchev–Trinajstić information content (AvgIpc) is 3.36. The molecular formula is C26H31NO5. The molecule has 0 radical (unpaired) electrons. The molecule has 2 fully saturated rings. The highest BCUT2D eigenvalue weighted by Crippen LogP contribution is 2.22. The highest BCUT2D eigenvalue weighted by molar-refractivity contribution is 5.91. The number of nitrogens with zero attached hydrogens (tertiary/aromatic N) is 1. The summed E-state index contributed by atoms with van der Waals surface area (Å²) >= 11 is 0. The summed E-state index contributed by atoms with van der Waals surface area (Å²) in [7, 11) is 0. The minimum atomic E-state index is -0.497. The number of esters is 1. The van der Waals surface area contributed by atoms with Crippen LogP contribution in [-0.2, 0) is 20.7 Å². The van der Waals surface area contributed by atoms with Gasteiger partial charge in [0.15, 0.2) is 6.61 Å². The number of hydrogen-bond acceptors (Lipinski definition) is 5. The second-order valence-electron chi connectivity index (χ2n) is 8.56. The van der Waals surface area contributed by atoms with Gasteiger partial charge in [0.2, 0.25) is 0 Å². The monoisotopic (exact) mass is 437 g/mol. The topological polar surface area (TPSA) is 65.1 Å². The van der Waals surface area contributed by atoms with Gasteiger partial charge in [-0.15, -0.1) is 0 Å². The molecule has 2 aromatic carbocycles. The van der Waals surface area contributed by atoms with Gasteiger partial charge in [-0.2, -0.15) is 0 Å². The number of piperidine rings is 1. The molecule has 0 aromatic heterocycles. The maximum Gasteiger partial charge on any atom is 0.338 e. The Morgan fingerprint density at radius 1 is 0.969 bits per heavy atom. The van der Waals surface area contributed by atoms with Crippen LogP contribution in [0.15, 0.2) is 54.6 Å². The normalized spacial score (nSPS) is 19.0. The van der Waals surface area contributed by atoms with E-state index in [1.54, 1.807) is 29.2 Å². The maximum absolute atomic E-state index is 12.5. The molecule has 32 heavy (non-hydrogen) atoms. The van der Waals surface area contributed by atoms with Crippen molar-refractivity contribution < 1.29 is 23.8 Å². The fourth-order valence-electron chi connectivity index (χ4n) is 4.29. The van der Waals surface area contributed by atoms with Gasteiger partial charge in [0.05, 0.1) is 11.7 Å². The van der Waals surface area contributed by atoms with E-state index < -0.39 is 5.97 Å².